The van der Waals surface area contributed by atoms with Crippen LogP contribution in [0.3, 0.4) is 0 Å². The second-order valence-electron chi connectivity index (χ2n) is 5.87. The van der Waals surface area contributed by atoms with Crippen LogP contribution in [0.5, 0.6) is 0 Å². The second kappa shape index (κ2) is 6.02. The summed E-state index contributed by atoms with van der Waals surface area (Å²) < 4.78 is 5.27. The molecule has 4 heteroatoms. The lowest BCUT2D eigenvalue weighted by Crippen LogP contribution is -2.58. The second-order valence-corrected chi connectivity index (χ2v) is 5.87. The van der Waals surface area contributed by atoms with Crippen LogP contribution in [0.25, 0.3) is 0 Å². The van der Waals surface area contributed by atoms with Crippen molar-refractivity contribution >= 4 is 5.91 Å². The lowest BCUT2D eigenvalue weighted by molar-refractivity contribution is -0.130. The van der Waals surface area contributed by atoms with Gasteiger partial charge in [-0.05, 0) is 44.4 Å². The fourth-order valence-electron chi connectivity index (χ4n) is 3.01. The Balaban J connectivity index is 1.80. The van der Waals surface area contributed by atoms with Crippen molar-refractivity contribution in [3.63, 3.8) is 0 Å². The zero-order valence-corrected chi connectivity index (χ0v) is 11.4. The van der Waals surface area contributed by atoms with Gasteiger partial charge in [0.05, 0.1) is 5.54 Å². The van der Waals surface area contributed by atoms with Crippen molar-refractivity contribution in [2.24, 2.45) is 11.7 Å². The number of ether oxygens (including phenoxy) is 1. The van der Waals surface area contributed by atoms with Crippen LogP contribution < -0.4 is 11.1 Å². The fraction of sp³-hybridized carbons (Fsp3) is 0.929. The van der Waals surface area contributed by atoms with E-state index in [9.17, 15) is 4.79 Å². The van der Waals surface area contributed by atoms with Crippen LogP contribution in [-0.2, 0) is 9.53 Å². The molecule has 0 aromatic rings. The van der Waals surface area contributed by atoms with Crippen LogP contribution in [0, 0.1) is 5.92 Å². The minimum absolute atomic E-state index is 0.0331. The summed E-state index contributed by atoms with van der Waals surface area (Å²) >= 11 is 0. The van der Waals surface area contributed by atoms with Crippen molar-refractivity contribution in [2.45, 2.75) is 63.5 Å². The predicted octanol–water partition coefficient (Wildman–Crippen LogP) is 1.58. The minimum atomic E-state index is -0.695. The highest BCUT2D eigenvalue weighted by molar-refractivity contribution is 5.86. The molecule has 104 valence electrons. The Bertz CT molecular complexity index is 280. The molecule has 0 bridgehead atoms. The molecule has 2 aliphatic rings. The Kier molecular flexibility index (Phi) is 4.62. The van der Waals surface area contributed by atoms with Gasteiger partial charge in [0.2, 0.25) is 5.91 Å². The molecule has 1 aliphatic carbocycles. The van der Waals surface area contributed by atoms with Gasteiger partial charge in [0.15, 0.2) is 0 Å². The maximum Gasteiger partial charge on any atom is 0.240 e. The van der Waals surface area contributed by atoms with Crippen LogP contribution in [0.15, 0.2) is 0 Å². The third-order valence-electron chi connectivity index (χ3n) is 4.60. The van der Waals surface area contributed by atoms with Gasteiger partial charge >= 0.3 is 0 Å². The van der Waals surface area contributed by atoms with E-state index in [1.54, 1.807) is 0 Å². The standard InChI is InChI=1S/C14H26N2O2/c1-2-11-3-5-12(6-4-11)16-13(17)14(15)7-9-18-10-8-14/h11-12H,2-10,15H2,1H3,(H,16,17). The van der Waals surface area contributed by atoms with Crippen molar-refractivity contribution < 1.29 is 9.53 Å². The summed E-state index contributed by atoms with van der Waals surface area (Å²) in [5.41, 5.74) is 5.49. The summed E-state index contributed by atoms with van der Waals surface area (Å²) in [7, 11) is 0. The third kappa shape index (κ3) is 3.23. The van der Waals surface area contributed by atoms with E-state index >= 15 is 0 Å². The molecule has 0 aromatic carbocycles. The summed E-state index contributed by atoms with van der Waals surface area (Å²) in [6.07, 6.45) is 7.24. The molecule has 0 radical (unpaired) electrons. The maximum atomic E-state index is 12.2. The number of amides is 1. The largest absolute Gasteiger partial charge is 0.381 e. The molecule has 1 saturated heterocycles. The van der Waals surface area contributed by atoms with Crippen LogP contribution in [0.2, 0.25) is 0 Å². The molecule has 1 saturated carbocycles. The van der Waals surface area contributed by atoms with E-state index in [1.807, 2.05) is 0 Å². The Hall–Kier alpha value is -0.610. The number of rotatable bonds is 3. The van der Waals surface area contributed by atoms with E-state index in [4.69, 9.17) is 10.5 Å². The number of nitrogens with two attached hydrogens (primary N) is 1. The molecule has 0 unspecified atom stereocenters. The molecule has 4 nitrogen and oxygen atoms in total. The predicted molar refractivity (Wildman–Crippen MR) is 71.2 cm³/mol. The first-order valence-corrected chi connectivity index (χ1v) is 7.31. The monoisotopic (exact) mass is 254 g/mol. The first-order chi connectivity index (χ1) is 8.64. The molecular weight excluding hydrogens is 228 g/mol. The van der Waals surface area contributed by atoms with Crippen LogP contribution >= 0.6 is 0 Å². The minimum Gasteiger partial charge on any atom is -0.381 e. The molecule has 2 rings (SSSR count). The highest BCUT2D eigenvalue weighted by atomic mass is 16.5. The Labute approximate surface area is 110 Å². The van der Waals surface area contributed by atoms with Crippen molar-refractivity contribution in [1.29, 1.82) is 0 Å². The van der Waals surface area contributed by atoms with Gasteiger partial charge in [-0.3, -0.25) is 4.79 Å². The molecule has 0 spiro atoms. The van der Waals surface area contributed by atoms with E-state index in [1.165, 1.54) is 19.3 Å². The average Bonchev–Trinajstić information content (AvgIpc) is 2.40. The molecule has 1 heterocycles. The zero-order valence-electron chi connectivity index (χ0n) is 11.4. The lowest BCUT2D eigenvalue weighted by Gasteiger charge is -2.35. The number of hydrogen-bond donors (Lipinski definition) is 2. The molecule has 2 fully saturated rings. The number of carbonyl (C=O) groups excluding carboxylic acids is 1. The van der Waals surface area contributed by atoms with Gasteiger partial charge in [-0.1, -0.05) is 13.3 Å². The van der Waals surface area contributed by atoms with Crippen molar-refractivity contribution in [3.8, 4) is 0 Å². The van der Waals surface area contributed by atoms with E-state index in [-0.39, 0.29) is 5.91 Å². The fourth-order valence-corrected chi connectivity index (χ4v) is 3.01. The summed E-state index contributed by atoms with van der Waals surface area (Å²) in [5, 5.41) is 3.15. The Morgan fingerprint density at radius 2 is 1.89 bits per heavy atom. The first kappa shape index (κ1) is 13.8. The zero-order chi connectivity index (χ0) is 13.0. The lowest BCUT2D eigenvalue weighted by atomic mass is 9.83. The van der Waals surface area contributed by atoms with Crippen molar-refractivity contribution in [1.82, 2.24) is 5.32 Å². The molecule has 1 amide bonds. The van der Waals surface area contributed by atoms with Crippen molar-refractivity contribution in [2.75, 3.05) is 13.2 Å². The topological polar surface area (TPSA) is 64.4 Å². The average molecular weight is 254 g/mol. The quantitative estimate of drug-likeness (QED) is 0.803. The molecule has 3 N–H and O–H groups in total. The van der Waals surface area contributed by atoms with E-state index in [0.717, 1.165) is 18.8 Å². The van der Waals surface area contributed by atoms with Gasteiger partial charge < -0.3 is 15.8 Å². The molecule has 1 aliphatic heterocycles. The number of nitrogens with one attached hydrogen (secondary N) is 1. The highest BCUT2D eigenvalue weighted by Gasteiger charge is 2.37. The summed E-state index contributed by atoms with van der Waals surface area (Å²) in [6.45, 7) is 3.46. The van der Waals surface area contributed by atoms with Gasteiger partial charge in [0.1, 0.15) is 0 Å². The van der Waals surface area contributed by atoms with Crippen LogP contribution in [0.1, 0.15) is 51.9 Å². The van der Waals surface area contributed by atoms with Gasteiger partial charge in [0, 0.05) is 19.3 Å². The smallest absolute Gasteiger partial charge is 0.240 e. The first-order valence-electron chi connectivity index (χ1n) is 7.31. The SMILES string of the molecule is CCC1CCC(NC(=O)C2(N)CCOCC2)CC1. The number of carbonyl (C=O) groups is 1. The van der Waals surface area contributed by atoms with Crippen molar-refractivity contribution in [3.05, 3.63) is 0 Å². The summed E-state index contributed by atoms with van der Waals surface area (Å²) in [5.74, 6) is 0.888. The Morgan fingerprint density at radius 1 is 1.28 bits per heavy atom. The van der Waals surface area contributed by atoms with Gasteiger partial charge in [-0.2, -0.15) is 0 Å². The third-order valence-corrected chi connectivity index (χ3v) is 4.60. The molecular formula is C14H26N2O2. The van der Waals surface area contributed by atoms with Gasteiger partial charge in [0.25, 0.3) is 0 Å². The van der Waals surface area contributed by atoms with Gasteiger partial charge in [-0.25, -0.2) is 0 Å². The molecule has 18 heavy (non-hydrogen) atoms. The van der Waals surface area contributed by atoms with Crippen LogP contribution in [-0.4, -0.2) is 30.7 Å². The summed E-state index contributed by atoms with van der Waals surface area (Å²) in [4.78, 5) is 12.2. The highest BCUT2D eigenvalue weighted by Crippen LogP contribution is 2.27. The van der Waals surface area contributed by atoms with Gasteiger partial charge in [-0.15, -0.1) is 0 Å². The van der Waals surface area contributed by atoms with E-state index in [0.29, 0.717) is 32.1 Å². The summed E-state index contributed by atoms with van der Waals surface area (Å²) in [6, 6.07) is 0.337. The maximum absolute atomic E-state index is 12.2. The number of hydrogen-bond acceptors (Lipinski definition) is 3. The van der Waals surface area contributed by atoms with E-state index in [2.05, 4.69) is 12.2 Å². The van der Waals surface area contributed by atoms with E-state index < -0.39 is 5.54 Å². The normalized spacial score (nSPS) is 31.9. The van der Waals surface area contributed by atoms with Crippen LogP contribution in [0.4, 0.5) is 0 Å². The molecule has 0 aromatic heterocycles. The molecule has 0 atom stereocenters. The Morgan fingerprint density at radius 3 is 2.44 bits per heavy atom.